The van der Waals surface area contributed by atoms with E-state index < -0.39 is 0 Å². The van der Waals surface area contributed by atoms with E-state index in [-0.39, 0.29) is 17.5 Å². The summed E-state index contributed by atoms with van der Waals surface area (Å²) in [5, 5.41) is 5.43. The number of aromatic nitrogens is 1. The van der Waals surface area contributed by atoms with Crippen LogP contribution in [0.1, 0.15) is 26.4 Å². The average Bonchev–Trinajstić information content (AvgIpc) is 2.64. The first-order valence-corrected chi connectivity index (χ1v) is 7.40. The number of carbonyl (C=O) groups is 2. The molecule has 0 aliphatic rings. The maximum atomic E-state index is 12.2. The fourth-order valence-electron chi connectivity index (χ4n) is 1.98. The molecule has 0 radical (unpaired) electrons. The highest BCUT2D eigenvalue weighted by Gasteiger charge is 2.11. The number of hydrogen-bond donors (Lipinski definition) is 2. The van der Waals surface area contributed by atoms with E-state index in [0.29, 0.717) is 18.7 Å². The summed E-state index contributed by atoms with van der Waals surface area (Å²) in [7, 11) is 1.60. The lowest BCUT2D eigenvalue weighted by Gasteiger charge is -2.07. The van der Waals surface area contributed by atoms with Crippen LogP contribution in [0.25, 0.3) is 0 Å². The van der Waals surface area contributed by atoms with Crippen LogP contribution < -0.4 is 15.4 Å². The van der Waals surface area contributed by atoms with Gasteiger partial charge < -0.3 is 15.4 Å². The molecular weight excluding hydrogens is 306 g/mol. The lowest BCUT2D eigenvalue weighted by molar-refractivity contribution is 0.0946. The number of nitrogens with zero attached hydrogens (tertiary/aromatic N) is 1. The summed E-state index contributed by atoms with van der Waals surface area (Å²) in [4.78, 5) is 28.1. The second-order valence-corrected chi connectivity index (χ2v) is 4.96. The molecule has 2 rings (SSSR count). The van der Waals surface area contributed by atoms with Gasteiger partial charge in [-0.15, -0.1) is 6.58 Å². The zero-order valence-corrected chi connectivity index (χ0v) is 13.4. The molecule has 1 aromatic heterocycles. The summed E-state index contributed by atoms with van der Waals surface area (Å²) >= 11 is 0. The summed E-state index contributed by atoms with van der Waals surface area (Å²) in [5.74, 6) is 0.135. The van der Waals surface area contributed by atoms with E-state index in [4.69, 9.17) is 4.74 Å². The number of pyridine rings is 1. The molecule has 0 spiro atoms. The number of rotatable bonds is 7. The van der Waals surface area contributed by atoms with Crippen molar-refractivity contribution in [3.8, 4) is 5.75 Å². The third-order valence-corrected chi connectivity index (χ3v) is 3.27. The lowest BCUT2D eigenvalue weighted by Crippen LogP contribution is -2.26. The van der Waals surface area contributed by atoms with Crippen LogP contribution in [-0.4, -0.2) is 30.5 Å². The third-order valence-electron chi connectivity index (χ3n) is 3.27. The molecule has 2 amide bonds. The maximum Gasteiger partial charge on any atom is 0.270 e. The molecule has 6 nitrogen and oxygen atoms in total. The molecule has 2 aromatic rings. The first-order chi connectivity index (χ1) is 11.6. The van der Waals surface area contributed by atoms with E-state index in [0.717, 1.165) is 11.3 Å². The minimum absolute atomic E-state index is 0.190. The molecule has 2 N–H and O–H groups in total. The highest BCUT2D eigenvalue weighted by molar-refractivity contribution is 5.98. The summed E-state index contributed by atoms with van der Waals surface area (Å²) in [6, 6.07) is 10.4. The Bertz CT molecular complexity index is 727. The second kappa shape index (κ2) is 8.47. The molecule has 24 heavy (non-hydrogen) atoms. The van der Waals surface area contributed by atoms with Crippen molar-refractivity contribution < 1.29 is 14.3 Å². The SMILES string of the molecule is C=CCNC(=O)c1ccnc(C(=O)NCc2ccc(OC)cc2)c1. The van der Waals surface area contributed by atoms with Crippen molar-refractivity contribution in [2.45, 2.75) is 6.54 Å². The number of hydrogen-bond acceptors (Lipinski definition) is 4. The molecule has 1 heterocycles. The van der Waals surface area contributed by atoms with Gasteiger partial charge in [0, 0.05) is 24.8 Å². The van der Waals surface area contributed by atoms with Crippen molar-refractivity contribution in [2.75, 3.05) is 13.7 Å². The first-order valence-electron chi connectivity index (χ1n) is 7.40. The molecule has 0 aliphatic heterocycles. The van der Waals surface area contributed by atoms with E-state index in [9.17, 15) is 9.59 Å². The van der Waals surface area contributed by atoms with E-state index in [1.54, 1.807) is 19.3 Å². The number of methoxy groups -OCH3 is 1. The Balaban J connectivity index is 1.98. The van der Waals surface area contributed by atoms with Gasteiger partial charge in [0.05, 0.1) is 7.11 Å². The molecular formula is C18H19N3O3. The quantitative estimate of drug-likeness (QED) is 0.762. The van der Waals surface area contributed by atoms with E-state index in [2.05, 4.69) is 22.2 Å². The fraction of sp³-hybridized carbons (Fsp3) is 0.167. The Hall–Kier alpha value is -3.15. The lowest BCUT2D eigenvalue weighted by atomic mass is 10.2. The zero-order valence-electron chi connectivity index (χ0n) is 13.4. The first kappa shape index (κ1) is 17.2. The predicted octanol–water partition coefficient (Wildman–Crippen LogP) is 1.94. The largest absolute Gasteiger partial charge is 0.497 e. The van der Waals surface area contributed by atoms with Gasteiger partial charge in [-0.3, -0.25) is 14.6 Å². The predicted molar refractivity (Wildman–Crippen MR) is 90.9 cm³/mol. The van der Waals surface area contributed by atoms with E-state index in [1.807, 2.05) is 24.3 Å². The van der Waals surface area contributed by atoms with Gasteiger partial charge in [0.15, 0.2) is 0 Å². The van der Waals surface area contributed by atoms with Gasteiger partial charge in [-0.1, -0.05) is 18.2 Å². The van der Waals surface area contributed by atoms with Gasteiger partial charge in [-0.05, 0) is 29.8 Å². The van der Waals surface area contributed by atoms with Crippen molar-refractivity contribution in [3.63, 3.8) is 0 Å². The molecule has 124 valence electrons. The highest BCUT2D eigenvalue weighted by Crippen LogP contribution is 2.11. The average molecular weight is 325 g/mol. The highest BCUT2D eigenvalue weighted by atomic mass is 16.5. The van der Waals surface area contributed by atoms with Crippen molar-refractivity contribution in [1.29, 1.82) is 0 Å². The van der Waals surface area contributed by atoms with Crippen molar-refractivity contribution >= 4 is 11.8 Å². The molecule has 0 saturated heterocycles. The third kappa shape index (κ3) is 4.67. The Morgan fingerprint density at radius 1 is 1.17 bits per heavy atom. The normalized spacial score (nSPS) is 9.88. The summed E-state index contributed by atoms with van der Waals surface area (Å²) in [6.07, 6.45) is 3.02. The number of carbonyl (C=O) groups excluding carboxylic acids is 2. The number of amides is 2. The van der Waals surface area contributed by atoms with Crippen LogP contribution in [0.2, 0.25) is 0 Å². The Morgan fingerprint density at radius 2 is 1.92 bits per heavy atom. The molecule has 0 atom stereocenters. The Morgan fingerprint density at radius 3 is 2.58 bits per heavy atom. The van der Waals surface area contributed by atoms with Crippen LogP contribution in [0.15, 0.2) is 55.3 Å². The van der Waals surface area contributed by atoms with Gasteiger partial charge in [-0.2, -0.15) is 0 Å². The molecule has 0 unspecified atom stereocenters. The van der Waals surface area contributed by atoms with Crippen LogP contribution in [0, 0.1) is 0 Å². The van der Waals surface area contributed by atoms with Crippen molar-refractivity contribution in [3.05, 3.63) is 72.1 Å². The molecule has 0 fully saturated rings. The van der Waals surface area contributed by atoms with Gasteiger partial charge in [0.1, 0.15) is 11.4 Å². The summed E-state index contributed by atoms with van der Waals surface area (Å²) < 4.78 is 5.09. The standard InChI is InChI=1S/C18H19N3O3/c1-3-9-20-17(22)14-8-10-19-16(11-14)18(23)21-12-13-4-6-15(24-2)7-5-13/h3-8,10-11H,1,9,12H2,2H3,(H,20,22)(H,21,23). The van der Waals surface area contributed by atoms with Crippen molar-refractivity contribution in [2.24, 2.45) is 0 Å². The van der Waals surface area contributed by atoms with Gasteiger partial charge >= 0.3 is 0 Å². The smallest absolute Gasteiger partial charge is 0.270 e. The van der Waals surface area contributed by atoms with E-state index >= 15 is 0 Å². The second-order valence-electron chi connectivity index (χ2n) is 4.96. The molecule has 0 saturated carbocycles. The fourth-order valence-corrected chi connectivity index (χ4v) is 1.98. The molecule has 0 aliphatic carbocycles. The van der Waals surface area contributed by atoms with E-state index in [1.165, 1.54) is 12.3 Å². The van der Waals surface area contributed by atoms with Gasteiger partial charge in [0.25, 0.3) is 11.8 Å². The van der Waals surface area contributed by atoms with Crippen LogP contribution in [0.5, 0.6) is 5.75 Å². The topological polar surface area (TPSA) is 80.3 Å². The summed E-state index contributed by atoms with van der Waals surface area (Å²) in [6.45, 7) is 4.26. The summed E-state index contributed by atoms with van der Waals surface area (Å²) in [5.41, 5.74) is 1.50. The number of ether oxygens (including phenoxy) is 1. The van der Waals surface area contributed by atoms with Crippen molar-refractivity contribution in [1.82, 2.24) is 15.6 Å². The number of benzene rings is 1. The minimum atomic E-state index is -0.343. The number of nitrogens with one attached hydrogen (secondary N) is 2. The maximum absolute atomic E-state index is 12.2. The molecule has 1 aromatic carbocycles. The van der Waals surface area contributed by atoms with Crippen LogP contribution in [0.4, 0.5) is 0 Å². The van der Waals surface area contributed by atoms with Gasteiger partial charge in [-0.25, -0.2) is 0 Å². The van der Waals surface area contributed by atoms with Gasteiger partial charge in [0.2, 0.25) is 0 Å². The van der Waals surface area contributed by atoms with Crippen LogP contribution in [0.3, 0.4) is 0 Å². The minimum Gasteiger partial charge on any atom is -0.497 e. The van der Waals surface area contributed by atoms with Crippen LogP contribution >= 0.6 is 0 Å². The molecule has 0 bridgehead atoms. The Labute approximate surface area is 140 Å². The Kier molecular flexibility index (Phi) is 6.08. The molecule has 6 heteroatoms. The van der Waals surface area contributed by atoms with Crippen LogP contribution in [-0.2, 0) is 6.54 Å². The zero-order chi connectivity index (χ0) is 17.4. The monoisotopic (exact) mass is 325 g/mol.